The lowest BCUT2D eigenvalue weighted by molar-refractivity contribution is -0.216. The molecule has 0 bridgehead atoms. The Morgan fingerprint density at radius 1 is 0.536 bits per heavy atom. The van der Waals surface area contributed by atoms with Gasteiger partial charge in [-0.1, -0.05) is 119 Å². The SMILES string of the molecule is COC1OC2CCC(c3ccccc3)CC2C(SSC2C3CC(c4ccccc4)CCC3OC(OC)C2NC(=O)c2ccccc2)C1NC(=O)c1ccccc1. The zero-order valence-electron chi connectivity index (χ0n) is 32.0. The molecule has 294 valence electrons. The van der Waals surface area contributed by atoms with Crippen molar-refractivity contribution in [2.75, 3.05) is 14.2 Å². The number of amides is 2. The number of hydrogen-bond acceptors (Lipinski definition) is 8. The fraction of sp³-hybridized carbons (Fsp3) is 0.435. The summed E-state index contributed by atoms with van der Waals surface area (Å²) in [6.07, 6.45) is 4.50. The van der Waals surface area contributed by atoms with E-state index in [2.05, 4.69) is 71.3 Å². The van der Waals surface area contributed by atoms with Gasteiger partial charge in [-0.05, 0) is 85.8 Å². The van der Waals surface area contributed by atoms with Crippen molar-refractivity contribution >= 4 is 33.4 Å². The second kappa shape index (κ2) is 18.3. The zero-order chi connectivity index (χ0) is 38.4. The van der Waals surface area contributed by atoms with E-state index in [1.165, 1.54) is 11.1 Å². The fourth-order valence-electron chi connectivity index (χ4n) is 9.54. The summed E-state index contributed by atoms with van der Waals surface area (Å²) in [5.74, 6) is 0.755. The van der Waals surface area contributed by atoms with Crippen LogP contribution in [-0.2, 0) is 18.9 Å². The Kier molecular flexibility index (Phi) is 12.8. The van der Waals surface area contributed by atoms with Crippen molar-refractivity contribution in [1.29, 1.82) is 0 Å². The normalized spacial score (nSPS) is 32.7. The Labute approximate surface area is 338 Å². The maximum Gasteiger partial charge on any atom is 0.251 e. The molecule has 2 N–H and O–H groups in total. The van der Waals surface area contributed by atoms with E-state index in [9.17, 15) is 9.59 Å². The molecule has 0 radical (unpaired) electrons. The molecule has 2 aliphatic heterocycles. The van der Waals surface area contributed by atoms with Crippen LogP contribution in [0.1, 0.15) is 82.2 Å². The lowest BCUT2D eigenvalue weighted by Crippen LogP contribution is -2.62. The highest BCUT2D eigenvalue weighted by Gasteiger charge is 2.53. The topological polar surface area (TPSA) is 95.1 Å². The van der Waals surface area contributed by atoms with Crippen molar-refractivity contribution in [2.45, 2.75) is 97.7 Å². The number of nitrogens with one attached hydrogen (secondary N) is 2. The van der Waals surface area contributed by atoms with Crippen LogP contribution in [0.3, 0.4) is 0 Å². The maximum atomic E-state index is 13.9. The number of benzene rings is 4. The van der Waals surface area contributed by atoms with E-state index in [-0.39, 0.29) is 46.4 Å². The highest BCUT2D eigenvalue weighted by molar-refractivity contribution is 8.77. The summed E-state index contributed by atoms with van der Waals surface area (Å²) in [5.41, 5.74) is 3.88. The first-order valence-corrected chi connectivity index (χ1v) is 22.3. The third-order valence-electron chi connectivity index (χ3n) is 12.4. The van der Waals surface area contributed by atoms with Gasteiger partial charge in [0.05, 0.1) is 24.3 Å². The molecular formula is C46H52N2O6S2. The van der Waals surface area contributed by atoms with E-state index < -0.39 is 24.7 Å². The predicted octanol–water partition coefficient (Wildman–Crippen LogP) is 8.61. The number of methoxy groups -OCH3 is 2. The lowest BCUT2D eigenvalue weighted by Gasteiger charge is -2.52. The van der Waals surface area contributed by atoms with Gasteiger partial charge in [0.15, 0.2) is 12.6 Å². The number of hydrogen-bond donors (Lipinski definition) is 2. The second-order valence-electron chi connectivity index (χ2n) is 15.6. The number of carbonyl (C=O) groups excluding carboxylic acids is 2. The van der Waals surface area contributed by atoms with Gasteiger partial charge in [0.1, 0.15) is 0 Å². The van der Waals surface area contributed by atoms with E-state index in [0.29, 0.717) is 23.0 Å². The minimum atomic E-state index is -0.616. The molecule has 8 nitrogen and oxygen atoms in total. The molecule has 2 heterocycles. The molecule has 8 rings (SSSR count). The first-order chi connectivity index (χ1) is 27.5. The summed E-state index contributed by atoms with van der Waals surface area (Å²) in [6, 6.07) is 39.4. The lowest BCUT2D eigenvalue weighted by atomic mass is 9.72. The molecule has 4 fully saturated rings. The molecule has 0 aromatic heterocycles. The Balaban J connectivity index is 1.13. The van der Waals surface area contributed by atoms with Gasteiger partial charge in [-0.2, -0.15) is 0 Å². The van der Waals surface area contributed by atoms with Gasteiger partial charge in [0.2, 0.25) is 0 Å². The fourth-order valence-corrected chi connectivity index (χ4v) is 13.6. The molecule has 4 aromatic rings. The van der Waals surface area contributed by atoms with E-state index in [4.69, 9.17) is 18.9 Å². The zero-order valence-corrected chi connectivity index (χ0v) is 33.6. The van der Waals surface area contributed by atoms with Crippen LogP contribution < -0.4 is 10.6 Å². The van der Waals surface area contributed by atoms with Gasteiger partial charge in [-0.15, -0.1) is 0 Å². The summed E-state index contributed by atoms with van der Waals surface area (Å²) in [6.45, 7) is 0. The van der Waals surface area contributed by atoms with Crippen molar-refractivity contribution in [2.24, 2.45) is 11.8 Å². The summed E-state index contributed by atoms with van der Waals surface area (Å²) in [4.78, 5) is 27.8. The monoisotopic (exact) mass is 792 g/mol. The number of carbonyl (C=O) groups is 2. The summed E-state index contributed by atoms with van der Waals surface area (Å²) in [7, 11) is 6.99. The smallest absolute Gasteiger partial charge is 0.251 e. The molecule has 12 unspecified atom stereocenters. The predicted molar refractivity (Wildman–Crippen MR) is 223 cm³/mol. The average molecular weight is 793 g/mol. The Morgan fingerprint density at radius 3 is 1.25 bits per heavy atom. The van der Waals surface area contributed by atoms with Crippen LogP contribution >= 0.6 is 21.6 Å². The number of ether oxygens (including phenoxy) is 4. The van der Waals surface area contributed by atoms with Crippen molar-refractivity contribution in [1.82, 2.24) is 10.6 Å². The highest BCUT2D eigenvalue weighted by Crippen LogP contribution is 2.54. The molecule has 4 aliphatic rings. The van der Waals surface area contributed by atoms with Crippen LogP contribution in [-0.4, -0.2) is 73.4 Å². The number of fused-ring (bicyclic) bond motifs is 2. The maximum absolute atomic E-state index is 13.9. The van der Waals surface area contributed by atoms with Crippen molar-refractivity contribution < 1.29 is 28.5 Å². The first kappa shape index (κ1) is 39.2. The molecule has 2 aliphatic carbocycles. The first-order valence-electron chi connectivity index (χ1n) is 20.0. The molecule has 56 heavy (non-hydrogen) atoms. The second-order valence-corrected chi connectivity index (χ2v) is 18.2. The molecule has 2 saturated carbocycles. The van der Waals surface area contributed by atoms with E-state index in [1.807, 2.05) is 82.3 Å². The van der Waals surface area contributed by atoms with Crippen molar-refractivity contribution in [3.05, 3.63) is 144 Å². The summed E-state index contributed by atoms with van der Waals surface area (Å²) < 4.78 is 25.6. The summed E-state index contributed by atoms with van der Waals surface area (Å²) >= 11 is 0. The van der Waals surface area contributed by atoms with Crippen LogP contribution in [0.5, 0.6) is 0 Å². The Morgan fingerprint density at radius 2 is 0.893 bits per heavy atom. The third kappa shape index (κ3) is 8.61. The molecule has 2 saturated heterocycles. The Hall–Kier alpha value is -3.64. The molecule has 2 amide bonds. The van der Waals surface area contributed by atoms with Gasteiger partial charge in [0, 0.05) is 47.7 Å². The highest BCUT2D eigenvalue weighted by atomic mass is 33.1. The van der Waals surface area contributed by atoms with Crippen LogP contribution in [0, 0.1) is 11.8 Å². The third-order valence-corrected chi connectivity index (χ3v) is 15.9. The minimum Gasteiger partial charge on any atom is -0.354 e. The quantitative estimate of drug-likeness (QED) is 0.146. The molecule has 0 spiro atoms. The number of rotatable bonds is 11. The molecule has 12 atom stereocenters. The van der Waals surface area contributed by atoms with Gasteiger partial charge >= 0.3 is 0 Å². The van der Waals surface area contributed by atoms with E-state index in [1.54, 1.807) is 14.2 Å². The molecule has 4 aromatic carbocycles. The van der Waals surface area contributed by atoms with Crippen LogP contribution in [0.25, 0.3) is 0 Å². The van der Waals surface area contributed by atoms with Gasteiger partial charge < -0.3 is 29.6 Å². The molecular weight excluding hydrogens is 741 g/mol. The van der Waals surface area contributed by atoms with Crippen LogP contribution in [0.15, 0.2) is 121 Å². The average Bonchev–Trinajstić information content (AvgIpc) is 3.26. The largest absolute Gasteiger partial charge is 0.354 e. The Bertz CT molecular complexity index is 1740. The van der Waals surface area contributed by atoms with Gasteiger partial charge in [-0.3, -0.25) is 9.59 Å². The van der Waals surface area contributed by atoms with Crippen molar-refractivity contribution in [3.63, 3.8) is 0 Å². The van der Waals surface area contributed by atoms with Gasteiger partial charge in [-0.25, -0.2) is 0 Å². The van der Waals surface area contributed by atoms with Crippen molar-refractivity contribution in [3.8, 4) is 0 Å². The standard InChI is InChI=1S/C46H52N2O6S2/c1-51-45-39(47-43(49)31-19-11-5-12-20-31)41(35-27-33(23-25-37(35)53-45)29-15-7-3-8-16-29)55-56-42-36-28-34(30-17-9-4-10-18-30)24-26-38(36)54-46(52-2)40(42)48-44(50)32-21-13-6-14-22-32/h3-22,33-42,45-46H,23-28H2,1-2H3,(H,47,49)(H,48,50). The van der Waals surface area contributed by atoms with E-state index in [0.717, 1.165) is 38.5 Å². The minimum absolute atomic E-state index is 0.0113. The van der Waals surface area contributed by atoms with Gasteiger partial charge in [0.25, 0.3) is 11.8 Å². The summed E-state index contributed by atoms with van der Waals surface area (Å²) in [5, 5.41) is 6.67. The van der Waals surface area contributed by atoms with Crippen LogP contribution in [0.4, 0.5) is 0 Å². The molecule has 10 heteroatoms. The van der Waals surface area contributed by atoms with Crippen LogP contribution in [0.2, 0.25) is 0 Å². The van der Waals surface area contributed by atoms with E-state index >= 15 is 0 Å².